The predicted octanol–water partition coefficient (Wildman–Crippen LogP) is 3.97. The summed E-state index contributed by atoms with van der Waals surface area (Å²) >= 11 is 7.03. The molecule has 0 radical (unpaired) electrons. The highest BCUT2D eigenvalue weighted by Gasteiger charge is 2.25. The SMILES string of the molecule is CC(C)c1nc2sc3c(nc[n+]4c(=S)[nH][nH]c34)c2c2c1CCCC2. The molecule has 122 valence electrons. The van der Waals surface area contributed by atoms with E-state index in [0.717, 1.165) is 33.5 Å². The van der Waals surface area contributed by atoms with Crippen LogP contribution < -0.4 is 4.40 Å². The van der Waals surface area contributed by atoms with Crippen LogP contribution in [0.3, 0.4) is 0 Å². The van der Waals surface area contributed by atoms with Gasteiger partial charge in [-0.2, -0.15) is 14.6 Å². The molecule has 4 aromatic heterocycles. The number of aromatic nitrogens is 5. The van der Waals surface area contributed by atoms with E-state index >= 15 is 0 Å². The fourth-order valence-corrected chi connectivity index (χ4v) is 5.24. The van der Waals surface area contributed by atoms with Crippen LogP contribution in [0.2, 0.25) is 0 Å². The Labute approximate surface area is 147 Å². The molecule has 2 N–H and O–H groups in total. The molecule has 0 fully saturated rings. The topological polar surface area (TPSA) is 61.5 Å². The summed E-state index contributed by atoms with van der Waals surface area (Å²) in [6, 6.07) is 0. The summed E-state index contributed by atoms with van der Waals surface area (Å²) in [6.07, 6.45) is 6.61. The molecule has 24 heavy (non-hydrogen) atoms. The quantitative estimate of drug-likeness (QED) is 0.401. The van der Waals surface area contributed by atoms with Gasteiger partial charge in [-0.1, -0.05) is 13.8 Å². The van der Waals surface area contributed by atoms with Gasteiger partial charge in [-0.15, -0.1) is 16.3 Å². The molecule has 0 aromatic carbocycles. The largest absolute Gasteiger partial charge is 0.297 e. The lowest BCUT2D eigenvalue weighted by atomic mass is 9.86. The number of fused-ring (bicyclic) bond motifs is 7. The summed E-state index contributed by atoms with van der Waals surface area (Å²) < 4.78 is 3.65. The van der Waals surface area contributed by atoms with Gasteiger partial charge in [-0.25, -0.2) is 4.98 Å². The van der Waals surface area contributed by atoms with Crippen molar-refractivity contribution in [2.24, 2.45) is 0 Å². The number of nitrogens with one attached hydrogen (secondary N) is 2. The Morgan fingerprint density at radius 2 is 2.00 bits per heavy atom. The Balaban J connectivity index is 1.99. The van der Waals surface area contributed by atoms with Crippen molar-refractivity contribution in [1.29, 1.82) is 0 Å². The average molecular weight is 357 g/mol. The highest BCUT2D eigenvalue weighted by molar-refractivity contribution is 7.71. The maximum absolute atomic E-state index is 5.31. The molecule has 1 aliphatic rings. The minimum Gasteiger partial charge on any atom is -0.241 e. The molecule has 4 heterocycles. The van der Waals surface area contributed by atoms with Crippen molar-refractivity contribution in [3.63, 3.8) is 0 Å². The first kappa shape index (κ1) is 14.5. The van der Waals surface area contributed by atoms with E-state index in [-0.39, 0.29) is 0 Å². The van der Waals surface area contributed by atoms with E-state index < -0.39 is 0 Å². The molecular formula is C17H18N5S2+. The number of H-pyrrole nitrogens is 2. The fraction of sp³-hybridized carbons (Fsp3) is 0.412. The fourth-order valence-electron chi connectivity index (χ4n) is 3.89. The molecule has 0 amide bonds. The molecular weight excluding hydrogens is 338 g/mol. The van der Waals surface area contributed by atoms with Crippen molar-refractivity contribution in [1.82, 2.24) is 20.2 Å². The van der Waals surface area contributed by atoms with E-state index in [1.165, 1.54) is 35.0 Å². The van der Waals surface area contributed by atoms with Gasteiger partial charge >= 0.3 is 0 Å². The number of aryl methyl sites for hydroxylation is 1. The first-order valence-electron chi connectivity index (χ1n) is 8.40. The summed E-state index contributed by atoms with van der Waals surface area (Å²) in [7, 11) is 0. The van der Waals surface area contributed by atoms with E-state index in [0.29, 0.717) is 10.7 Å². The number of rotatable bonds is 1. The van der Waals surface area contributed by atoms with Gasteiger partial charge in [0.15, 0.2) is 5.52 Å². The van der Waals surface area contributed by atoms with Gasteiger partial charge in [0.05, 0.1) is 5.39 Å². The van der Waals surface area contributed by atoms with Crippen molar-refractivity contribution in [3.05, 3.63) is 27.9 Å². The molecule has 1 aliphatic carbocycles. The molecule has 5 rings (SSSR count). The maximum Gasteiger partial charge on any atom is 0.297 e. The van der Waals surface area contributed by atoms with Gasteiger partial charge in [0, 0.05) is 5.69 Å². The van der Waals surface area contributed by atoms with Crippen molar-refractivity contribution >= 4 is 49.6 Å². The Morgan fingerprint density at radius 1 is 1.21 bits per heavy atom. The number of thiophene rings is 1. The molecule has 4 aromatic rings. The molecule has 0 saturated heterocycles. The molecule has 0 aliphatic heterocycles. The van der Waals surface area contributed by atoms with Crippen LogP contribution in [-0.4, -0.2) is 20.2 Å². The van der Waals surface area contributed by atoms with E-state index in [1.54, 1.807) is 11.3 Å². The zero-order valence-corrected chi connectivity index (χ0v) is 15.3. The van der Waals surface area contributed by atoms with E-state index in [4.69, 9.17) is 22.2 Å². The van der Waals surface area contributed by atoms with Crippen molar-refractivity contribution in [2.75, 3.05) is 0 Å². The Morgan fingerprint density at radius 3 is 2.79 bits per heavy atom. The van der Waals surface area contributed by atoms with Crippen LogP contribution in [0.5, 0.6) is 0 Å². The highest BCUT2D eigenvalue weighted by Crippen LogP contribution is 2.40. The molecule has 5 nitrogen and oxygen atoms in total. The number of nitrogens with zero attached hydrogens (tertiary/aromatic N) is 3. The van der Waals surface area contributed by atoms with Gasteiger partial charge in [0.25, 0.3) is 10.4 Å². The van der Waals surface area contributed by atoms with Crippen LogP contribution in [0.15, 0.2) is 6.33 Å². The van der Waals surface area contributed by atoms with E-state index in [9.17, 15) is 0 Å². The first-order chi connectivity index (χ1) is 11.6. The van der Waals surface area contributed by atoms with E-state index in [2.05, 4.69) is 24.0 Å². The van der Waals surface area contributed by atoms with Gasteiger partial charge in [0.2, 0.25) is 6.33 Å². The highest BCUT2D eigenvalue weighted by atomic mass is 32.1. The van der Waals surface area contributed by atoms with Gasteiger partial charge in [-0.05, 0) is 54.9 Å². The third-order valence-electron chi connectivity index (χ3n) is 4.98. The zero-order chi connectivity index (χ0) is 16.4. The van der Waals surface area contributed by atoms with Gasteiger partial charge in [0.1, 0.15) is 9.53 Å². The number of aromatic amines is 2. The second kappa shape index (κ2) is 5.07. The standard InChI is InChI=1S/C17H17N5S2/c1-8(2)12-10-6-4-3-5-9(10)11-13-14(24-16(11)19-12)15-20-21-17(23)22(15)7-18-13/h7-8H,3-6H2,1-2H3,(H,21,23)/p+1. The van der Waals surface area contributed by atoms with Gasteiger partial charge in [-0.3, -0.25) is 0 Å². The number of hydrogen-bond acceptors (Lipinski definition) is 4. The number of pyridine rings is 1. The van der Waals surface area contributed by atoms with E-state index in [1.807, 2.05) is 10.7 Å². The lowest BCUT2D eigenvalue weighted by molar-refractivity contribution is -0.522. The second-order valence-electron chi connectivity index (χ2n) is 6.79. The molecule has 0 unspecified atom stereocenters. The summed E-state index contributed by atoms with van der Waals surface area (Å²) in [5.74, 6) is 0.451. The lowest BCUT2D eigenvalue weighted by Crippen LogP contribution is -2.20. The third kappa shape index (κ3) is 1.85. The zero-order valence-electron chi connectivity index (χ0n) is 13.6. The first-order valence-corrected chi connectivity index (χ1v) is 9.62. The van der Waals surface area contributed by atoms with Gasteiger partial charge < -0.3 is 0 Å². The normalized spacial score (nSPS) is 15.0. The molecule has 0 bridgehead atoms. The van der Waals surface area contributed by atoms with Crippen molar-refractivity contribution in [2.45, 2.75) is 45.4 Å². The Bertz CT molecular complexity index is 1160. The van der Waals surface area contributed by atoms with Crippen molar-refractivity contribution in [3.8, 4) is 0 Å². The predicted molar refractivity (Wildman–Crippen MR) is 98.3 cm³/mol. The van der Waals surface area contributed by atoms with Crippen LogP contribution in [0, 0.1) is 4.77 Å². The third-order valence-corrected chi connectivity index (χ3v) is 6.36. The van der Waals surface area contributed by atoms with Crippen LogP contribution in [0.1, 0.15) is 49.4 Å². The molecule has 0 atom stereocenters. The van der Waals surface area contributed by atoms with Crippen LogP contribution in [-0.2, 0) is 12.8 Å². The van der Waals surface area contributed by atoms with Crippen LogP contribution in [0.4, 0.5) is 0 Å². The van der Waals surface area contributed by atoms with Crippen LogP contribution in [0.25, 0.3) is 26.1 Å². The minimum absolute atomic E-state index is 0.451. The molecule has 0 spiro atoms. The monoisotopic (exact) mass is 356 g/mol. The maximum atomic E-state index is 5.31. The summed E-state index contributed by atoms with van der Waals surface area (Å²) in [4.78, 5) is 10.9. The lowest BCUT2D eigenvalue weighted by Gasteiger charge is -2.21. The number of hydrogen-bond donors (Lipinski definition) is 2. The summed E-state index contributed by atoms with van der Waals surface area (Å²) in [6.45, 7) is 4.48. The Hall–Kier alpha value is -1.86. The van der Waals surface area contributed by atoms with Crippen LogP contribution >= 0.6 is 23.6 Å². The summed E-state index contributed by atoms with van der Waals surface area (Å²) in [5, 5.41) is 7.45. The molecule has 7 heteroatoms. The van der Waals surface area contributed by atoms with Crippen molar-refractivity contribution < 1.29 is 4.40 Å². The Kier molecular flexibility index (Phi) is 3.06. The smallest absolute Gasteiger partial charge is 0.241 e. The minimum atomic E-state index is 0.451. The average Bonchev–Trinajstić information content (AvgIpc) is 3.14. The summed E-state index contributed by atoms with van der Waals surface area (Å²) in [5.41, 5.74) is 6.26. The molecule has 0 saturated carbocycles. The second-order valence-corrected chi connectivity index (χ2v) is 8.18.